The van der Waals surface area contributed by atoms with Gasteiger partial charge < -0.3 is 5.32 Å². The summed E-state index contributed by atoms with van der Waals surface area (Å²) in [6.07, 6.45) is 1.88. The van der Waals surface area contributed by atoms with Crippen LogP contribution in [-0.4, -0.2) is 13.1 Å². The van der Waals surface area contributed by atoms with Crippen LogP contribution in [0.15, 0.2) is 18.2 Å². The quantitative estimate of drug-likeness (QED) is 0.745. The van der Waals surface area contributed by atoms with E-state index in [9.17, 15) is 4.39 Å². The van der Waals surface area contributed by atoms with E-state index in [1.165, 1.54) is 6.07 Å². The zero-order chi connectivity index (χ0) is 10.4. The third kappa shape index (κ3) is 3.28. The molecule has 14 heavy (non-hydrogen) atoms. The fourth-order valence-corrected chi connectivity index (χ4v) is 1.49. The standard InChI is InChI=1S/C11H15ClFN/c1-2-7-14-8-6-9-4-3-5-10(13)11(9)12/h3-5,14H,2,6-8H2,1H3. The number of rotatable bonds is 5. The second-order valence-electron chi connectivity index (χ2n) is 3.21. The predicted octanol–water partition coefficient (Wildman–Crippen LogP) is 3.02. The Kier molecular flexibility index (Phi) is 4.91. The molecule has 0 radical (unpaired) electrons. The SMILES string of the molecule is CCCNCCc1cccc(F)c1Cl. The smallest absolute Gasteiger partial charge is 0.142 e. The Morgan fingerprint density at radius 2 is 2.14 bits per heavy atom. The van der Waals surface area contributed by atoms with Gasteiger partial charge in [-0.25, -0.2) is 4.39 Å². The van der Waals surface area contributed by atoms with E-state index < -0.39 is 0 Å². The van der Waals surface area contributed by atoms with Gasteiger partial charge in [0.2, 0.25) is 0 Å². The average molecular weight is 216 g/mol. The monoisotopic (exact) mass is 215 g/mol. The normalized spacial score (nSPS) is 10.5. The topological polar surface area (TPSA) is 12.0 Å². The number of hydrogen-bond acceptors (Lipinski definition) is 1. The van der Waals surface area contributed by atoms with Crippen LogP contribution >= 0.6 is 11.6 Å². The van der Waals surface area contributed by atoms with Gasteiger partial charge in [-0.3, -0.25) is 0 Å². The Bertz CT molecular complexity index is 289. The second kappa shape index (κ2) is 5.99. The van der Waals surface area contributed by atoms with E-state index in [0.717, 1.165) is 31.5 Å². The van der Waals surface area contributed by atoms with E-state index in [-0.39, 0.29) is 10.8 Å². The zero-order valence-corrected chi connectivity index (χ0v) is 9.07. The molecule has 0 aliphatic rings. The lowest BCUT2D eigenvalue weighted by molar-refractivity contribution is 0.622. The first kappa shape index (κ1) is 11.5. The van der Waals surface area contributed by atoms with Crippen LogP contribution in [-0.2, 0) is 6.42 Å². The lowest BCUT2D eigenvalue weighted by Gasteiger charge is -2.05. The predicted molar refractivity (Wildman–Crippen MR) is 58.3 cm³/mol. The summed E-state index contributed by atoms with van der Waals surface area (Å²) in [5, 5.41) is 3.50. The molecule has 3 heteroatoms. The van der Waals surface area contributed by atoms with E-state index in [1.54, 1.807) is 6.07 Å². The maximum absolute atomic E-state index is 13.0. The summed E-state index contributed by atoms with van der Waals surface area (Å²) in [7, 11) is 0. The van der Waals surface area contributed by atoms with Crippen molar-refractivity contribution >= 4 is 11.6 Å². The van der Waals surface area contributed by atoms with E-state index in [2.05, 4.69) is 12.2 Å². The minimum atomic E-state index is -0.334. The molecule has 0 saturated heterocycles. The maximum Gasteiger partial charge on any atom is 0.142 e. The summed E-state index contributed by atoms with van der Waals surface area (Å²) in [6, 6.07) is 4.93. The van der Waals surface area contributed by atoms with Crippen LogP contribution in [0.5, 0.6) is 0 Å². The van der Waals surface area contributed by atoms with Crippen molar-refractivity contribution in [2.75, 3.05) is 13.1 Å². The summed E-state index contributed by atoms with van der Waals surface area (Å²) >= 11 is 5.80. The fourth-order valence-electron chi connectivity index (χ4n) is 1.27. The number of nitrogens with one attached hydrogen (secondary N) is 1. The molecule has 0 aliphatic heterocycles. The van der Waals surface area contributed by atoms with E-state index in [1.807, 2.05) is 6.07 Å². The molecular formula is C11H15ClFN. The van der Waals surface area contributed by atoms with Crippen molar-refractivity contribution in [3.8, 4) is 0 Å². The Labute approximate surface area is 89.3 Å². The summed E-state index contributed by atoms with van der Waals surface area (Å²) in [6.45, 7) is 3.95. The van der Waals surface area contributed by atoms with Crippen molar-refractivity contribution in [2.45, 2.75) is 19.8 Å². The molecule has 0 aromatic heterocycles. The molecule has 1 aromatic carbocycles. The molecule has 0 amide bonds. The molecule has 0 aliphatic carbocycles. The van der Waals surface area contributed by atoms with Gasteiger partial charge in [0.15, 0.2) is 0 Å². The Balaban J connectivity index is 2.46. The van der Waals surface area contributed by atoms with E-state index in [4.69, 9.17) is 11.6 Å². The van der Waals surface area contributed by atoms with Crippen LogP contribution in [0.1, 0.15) is 18.9 Å². The molecule has 0 unspecified atom stereocenters. The van der Waals surface area contributed by atoms with Crippen molar-refractivity contribution in [1.82, 2.24) is 5.32 Å². The van der Waals surface area contributed by atoms with Gasteiger partial charge in [-0.1, -0.05) is 30.7 Å². The molecule has 1 aromatic rings. The van der Waals surface area contributed by atoms with E-state index >= 15 is 0 Å². The van der Waals surface area contributed by atoms with Gasteiger partial charge in [-0.15, -0.1) is 0 Å². The second-order valence-corrected chi connectivity index (χ2v) is 3.59. The summed E-state index contributed by atoms with van der Waals surface area (Å²) < 4.78 is 13.0. The van der Waals surface area contributed by atoms with Crippen molar-refractivity contribution in [1.29, 1.82) is 0 Å². The zero-order valence-electron chi connectivity index (χ0n) is 8.32. The highest BCUT2D eigenvalue weighted by Gasteiger charge is 2.04. The molecule has 0 heterocycles. The molecule has 78 valence electrons. The van der Waals surface area contributed by atoms with Crippen LogP contribution in [0, 0.1) is 5.82 Å². The molecule has 0 fully saturated rings. The summed E-state index contributed by atoms with van der Waals surface area (Å²) in [5.74, 6) is -0.334. The van der Waals surface area contributed by atoms with E-state index in [0.29, 0.717) is 0 Å². The van der Waals surface area contributed by atoms with Crippen LogP contribution in [0.3, 0.4) is 0 Å². The van der Waals surface area contributed by atoms with Crippen molar-refractivity contribution in [3.05, 3.63) is 34.6 Å². The maximum atomic E-state index is 13.0. The first-order valence-electron chi connectivity index (χ1n) is 4.89. The number of halogens is 2. The molecule has 0 spiro atoms. The molecule has 1 N–H and O–H groups in total. The Morgan fingerprint density at radius 3 is 2.86 bits per heavy atom. The summed E-state index contributed by atoms with van der Waals surface area (Å²) in [4.78, 5) is 0. The van der Waals surface area contributed by atoms with Crippen molar-refractivity contribution < 1.29 is 4.39 Å². The summed E-state index contributed by atoms with van der Waals surface area (Å²) in [5.41, 5.74) is 0.871. The highest BCUT2D eigenvalue weighted by molar-refractivity contribution is 6.31. The van der Waals surface area contributed by atoms with Gasteiger partial charge >= 0.3 is 0 Å². The molecule has 0 saturated carbocycles. The highest BCUT2D eigenvalue weighted by atomic mass is 35.5. The first-order chi connectivity index (χ1) is 6.75. The fraction of sp³-hybridized carbons (Fsp3) is 0.455. The number of benzene rings is 1. The van der Waals surface area contributed by atoms with Crippen LogP contribution in [0.25, 0.3) is 0 Å². The lowest BCUT2D eigenvalue weighted by atomic mass is 10.1. The highest BCUT2D eigenvalue weighted by Crippen LogP contribution is 2.19. The van der Waals surface area contributed by atoms with Crippen LogP contribution in [0.4, 0.5) is 4.39 Å². The van der Waals surface area contributed by atoms with Gasteiger partial charge in [0.1, 0.15) is 5.82 Å². The lowest BCUT2D eigenvalue weighted by Crippen LogP contribution is -2.17. The molecule has 0 atom stereocenters. The first-order valence-corrected chi connectivity index (χ1v) is 5.27. The average Bonchev–Trinajstić information content (AvgIpc) is 2.19. The number of hydrogen-bond donors (Lipinski definition) is 1. The third-order valence-corrected chi connectivity index (χ3v) is 2.45. The molecule has 1 nitrogen and oxygen atoms in total. The van der Waals surface area contributed by atoms with Gasteiger partial charge in [0, 0.05) is 0 Å². The van der Waals surface area contributed by atoms with Crippen molar-refractivity contribution in [2.24, 2.45) is 0 Å². The third-order valence-electron chi connectivity index (χ3n) is 2.03. The molecule has 0 bridgehead atoms. The van der Waals surface area contributed by atoms with Crippen LogP contribution in [0.2, 0.25) is 5.02 Å². The van der Waals surface area contributed by atoms with Gasteiger partial charge in [-0.2, -0.15) is 0 Å². The van der Waals surface area contributed by atoms with Crippen LogP contribution < -0.4 is 5.32 Å². The molecular weight excluding hydrogens is 201 g/mol. The van der Waals surface area contributed by atoms with Gasteiger partial charge in [0.05, 0.1) is 5.02 Å². The largest absolute Gasteiger partial charge is 0.316 e. The van der Waals surface area contributed by atoms with Crippen molar-refractivity contribution in [3.63, 3.8) is 0 Å². The van der Waals surface area contributed by atoms with Gasteiger partial charge in [0.25, 0.3) is 0 Å². The Hall–Kier alpha value is -0.600. The van der Waals surface area contributed by atoms with Gasteiger partial charge in [-0.05, 0) is 37.6 Å². The Morgan fingerprint density at radius 1 is 1.36 bits per heavy atom. The minimum absolute atomic E-state index is 0.255. The molecule has 1 rings (SSSR count). The minimum Gasteiger partial charge on any atom is -0.316 e.